The van der Waals surface area contributed by atoms with Gasteiger partial charge in [0.15, 0.2) is 0 Å². The van der Waals surface area contributed by atoms with Crippen LogP contribution in [0.3, 0.4) is 0 Å². The van der Waals surface area contributed by atoms with Gasteiger partial charge in [-0.15, -0.1) is 47.5 Å². The van der Waals surface area contributed by atoms with E-state index in [-0.39, 0.29) is 70.7 Å². The molecule has 0 aliphatic heterocycles. The van der Waals surface area contributed by atoms with Crippen molar-refractivity contribution >= 4 is 21.9 Å². The zero-order valence-corrected chi connectivity index (χ0v) is 35.5. The fourth-order valence-corrected chi connectivity index (χ4v) is 7.48. The number of aromatic nitrogens is 2. The summed E-state index contributed by atoms with van der Waals surface area (Å²) in [7, 11) is 0. The van der Waals surface area contributed by atoms with Crippen LogP contribution in [0.1, 0.15) is 102 Å². The minimum Gasteiger partial charge on any atom is -0.501 e. The van der Waals surface area contributed by atoms with Gasteiger partial charge in [-0.25, -0.2) is 0 Å². The average Bonchev–Trinajstić information content (AvgIpc) is 4.02. The molecule has 3 heterocycles. The van der Waals surface area contributed by atoms with Gasteiger partial charge in [-0.05, 0) is 107 Å². The summed E-state index contributed by atoms with van der Waals surface area (Å²) in [6.45, 7) is -4.30. The third-order valence-corrected chi connectivity index (χ3v) is 10.2. The van der Waals surface area contributed by atoms with Crippen LogP contribution in [-0.4, -0.2) is 9.97 Å². The van der Waals surface area contributed by atoms with Gasteiger partial charge >= 0.3 is 0 Å². The molecule has 0 N–H and O–H groups in total. The van der Waals surface area contributed by atoms with Crippen molar-refractivity contribution in [1.29, 1.82) is 0 Å². The number of rotatable bonds is 7. The molecule has 1 saturated carbocycles. The Kier molecular flexibility index (Phi) is 7.97. The molecule has 1 aliphatic carbocycles. The van der Waals surface area contributed by atoms with Crippen LogP contribution in [0, 0.1) is 50.9 Å². The number of benzene rings is 5. The quantitative estimate of drug-likeness (QED) is 0.149. The summed E-state index contributed by atoms with van der Waals surface area (Å²) in [5, 5.41) is 1.21. The number of aryl methyl sites for hydroxylation is 4. The molecule has 301 valence electrons. The van der Waals surface area contributed by atoms with Gasteiger partial charge in [-0.3, -0.25) is 0 Å². The molecule has 0 saturated heterocycles. The van der Waals surface area contributed by atoms with Gasteiger partial charge in [-0.2, -0.15) is 0 Å². The first-order valence-electron chi connectivity index (χ1n) is 27.5. The number of hydrogen-bond donors (Lipinski definition) is 0. The second kappa shape index (κ2) is 18.0. The summed E-state index contributed by atoms with van der Waals surface area (Å²) in [5.41, 5.74) is 4.79. The van der Waals surface area contributed by atoms with E-state index >= 15 is 0 Å². The van der Waals surface area contributed by atoms with Gasteiger partial charge < -0.3 is 14.4 Å². The Bertz CT molecular complexity index is 3330. The molecule has 59 heavy (non-hydrogen) atoms. The van der Waals surface area contributed by atoms with Crippen LogP contribution in [0.15, 0.2) is 126 Å². The van der Waals surface area contributed by atoms with Crippen LogP contribution in [0.4, 0.5) is 0 Å². The van der Waals surface area contributed by atoms with Crippen molar-refractivity contribution in [2.45, 2.75) is 86.6 Å². The van der Waals surface area contributed by atoms with E-state index in [1.165, 1.54) is 36.5 Å². The van der Waals surface area contributed by atoms with Crippen LogP contribution in [0.2, 0.25) is 0 Å². The van der Waals surface area contributed by atoms with E-state index in [1.807, 2.05) is 51.1 Å². The van der Waals surface area contributed by atoms with Gasteiger partial charge in [0, 0.05) is 59.8 Å². The van der Waals surface area contributed by atoms with Crippen molar-refractivity contribution in [3.05, 3.63) is 167 Å². The number of nitrogens with zero attached hydrogens (tertiary/aromatic N) is 2. The normalized spacial score (nSPS) is 18.4. The van der Waals surface area contributed by atoms with Gasteiger partial charge in [0.05, 0.1) is 5.58 Å². The third-order valence-electron chi connectivity index (χ3n) is 10.2. The minimum absolute atomic E-state index is 0. The van der Waals surface area contributed by atoms with E-state index in [0.717, 1.165) is 31.2 Å². The molecule has 1 aliphatic rings. The van der Waals surface area contributed by atoms with Crippen LogP contribution in [0.25, 0.3) is 66.7 Å². The van der Waals surface area contributed by atoms with Gasteiger partial charge in [0.25, 0.3) is 0 Å². The number of pyridine rings is 2. The Morgan fingerprint density at radius 2 is 1.51 bits per heavy atom. The van der Waals surface area contributed by atoms with Gasteiger partial charge in [-0.1, -0.05) is 148 Å². The Morgan fingerprint density at radius 1 is 0.712 bits per heavy atom. The van der Waals surface area contributed by atoms with E-state index in [9.17, 15) is 0 Å². The summed E-state index contributed by atoms with van der Waals surface area (Å²) >= 11 is 0. The van der Waals surface area contributed by atoms with E-state index in [4.69, 9.17) is 26.3 Å². The maximum atomic E-state index is 8.84. The van der Waals surface area contributed by atoms with Crippen molar-refractivity contribution in [1.82, 2.24) is 9.97 Å². The van der Waals surface area contributed by atoms with E-state index in [1.54, 1.807) is 54.7 Å². The minimum atomic E-state index is -2.67. The molecule has 1 fully saturated rings. The van der Waals surface area contributed by atoms with Crippen LogP contribution < -0.4 is 0 Å². The molecule has 3 aromatic heterocycles. The van der Waals surface area contributed by atoms with Gasteiger partial charge in [0.1, 0.15) is 5.58 Å². The van der Waals surface area contributed by atoms with E-state index < -0.39 is 45.6 Å². The fraction of sp³-hybridized carbons (Fsp3) is 0.273. The first-order valence-corrected chi connectivity index (χ1v) is 19.5. The van der Waals surface area contributed by atoms with Crippen LogP contribution in [-0.2, 0) is 32.9 Å². The predicted octanol–water partition coefficient (Wildman–Crippen LogP) is 14.9. The molecule has 3 nitrogen and oxygen atoms in total. The summed E-state index contributed by atoms with van der Waals surface area (Å²) in [6, 6.07) is 36.3. The van der Waals surface area contributed by atoms with Crippen molar-refractivity contribution in [2.24, 2.45) is 11.3 Å². The standard InChI is InChI=1S/C32H30NO.C23H24N.Ir/c1-20-11-14-31-29(15-20)26-9-6-10-27(32(26)34-31)30-18-28(22(3)19-33-30)25-13-12-24(16-21(25)2)17-23-7-4-5-8-23;1-17-10-12-20(14-21(17)19-8-6-5-7-9-19)22-13-11-18(16-24-22)15-23(2,3)4;/h6,9,11-16,18-19,23H,4-5,7-8,17H2,1-3H3;5-11,13-14,16H,15H2,1-4H3;/q2*-1;/i1D3,2D3,3D3,17D2;1D3,15D2;. The van der Waals surface area contributed by atoms with E-state index in [2.05, 4.69) is 22.1 Å². The number of hydrogen-bond acceptors (Lipinski definition) is 3. The van der Waals surface area contributed by atoms with Crippen LogP contribution >= 0.6 is 0 Å². The topological polar surface area (TPSA) is 38.9 Å². The predicted molar refractivity (Wildman–Crippen MR) is 243 cm³/mol. The zero-order valence-electron chi connectivity index (χ0n) is 49.1. The molecule has 1 radical (unpaired) electrons. The molecule has 0 atom stereocenters. The molecule has 5 aromatic carbocycles. The summed E-state index contributed by atoms with van der Waals surface area (Å²) in [6.07, 6.45) is 2.77. The maximum absolute atomic E-state index is 8.84. The molecule has 0 unspecified atom stereocenters. The van der Waals surface area contributed by atoms with Crippen molar-refractivity contribution in [3.63, 3.8) is 0 Å². The molecule has 0 bridgehead atoms. The third kappa shape index (κ3) is 9.67. The van der Waals surface area contributed by atoms with E-state index in [0.29, 0.717) is 49.9 Å². The largest absolute Gasteiger partial charge is 0.501 e. The molecule has 0 spiro atoms. The molecule has 9 rings (SSSR count). The second-order valence-electron chi connectivity index (χ2n) is 15.8. The fourth-order valence-electron chi connectivity index (χ4n) is 7.48. The number of fused-ring (bicyclic) bond motifs is 3. The van der Waals surface area contributed by atoms with Crippen molar-refractivity contribution in [3.8, 4) is 44.8 Å². The molecule has 0 amide bonds. The molecule has 4 heteroatoms. The average molecular weight is 967 g/mol. The number of furan rings is 1. The first-order chi connectivity index (χ1) is 34.4. The zero-order chi connectivity index (χ0) is 54.0. The molecule has 8 aromatic rings. The Balaban J connectivity index is 0.000000237. The van der Waals surface area contributed by atoms with Crippen LogP contribution in [0.5, 0.6) is 0 Å². The van der Waals surface area contributed by atoms with Crippen molar-refractivity contribution in [2.75, 3.05) is 0 Å². The van der Waals surface area contributed by atoms with Gasteiger partial charge in [0.2, 0.25) is 0 Å². The van der Waals surface area contributed by atoms with Crippen molar-refractivity contribution < 1.29 is 46.5 Å². The smallest absolute Gasteiger partial charge is 0.120 e. The Labute approximate surface area is 387 Å². The SMILES string of the molecule is [2H]C([2H])([2H])c1c[c-]c(-c2ccc(C([2H])([2H])C(C)(C)C)cn2)cc1-c1ccccc1.[2H]C([2H])([2H])c1ccc2oc3c(-c4cc(-c5ccc(C([2H])([2H])C6CCCC6)cc5C([2H])([2H])[2H])c(C([2H])([2H])[2H])cn4)[c-]ccc3c2c1.[Ir]. The summed E-state index contributed by atoms with van der Waals surface area (Å²) in [4.78, 5) is 8.88. The Hall–Kier alpha value is -5.15. The summed E-state index contributed by atoms with van der Waals surface area (Å²) < 4.78 is 137. The monoisotopic (exact) mass is 967 g/mol. The first kappa shape index (κ1) is 26.1. The maximum Gasteiger partial charge on any atom is 0.120 e. The molecular formula is C55H54IrN2O-2. The second-order valence-corrected chi connectivity index (χ2v) is 15.8. The Morgan fingerprint density at radius 3 is 2.25 bits per heavy atom. The molecular weight excluding hydrogens is 897 g/mol. The summed E-state index contributed by atoms with van der Waals surface area (Å²) in [5.74, 6) is -0.228.